The fourth-order valence-corrected chi connectivity index (χ4v) is 3.02. The normalized spacial score (nSPS) is 12.8. The van der Waals surface area contributed by atoms with Gasteiger partial charge in [-0.2, -0.15) is 0 Å². The van der Waals surface area contributed by atoms with Gasteiger partial charge in [-0.25, -0.2) is 8.42 Å². The Kier molecular flexibility index (Phi) is 5.98. The van der Waals surface area contributed by atoms with Crippen LogP contribution < -0.4 is 10.0 Å². The van der Waals surface area contributed by atoms with Gasteiger partial charge in [0.15, 0.2) is 0 Å². The van der Waals surface area contributed by atoms with Gasteiger partial charge in [0.25, 0.3) is 0 Å². The van der Waals surface area contributed by atoms with Crippen LogP contribution >= 0.6 is 0 Å². The average Bonchev–Trinajstić information content (AvgIpc) is 2.53. The molecule has 2 aromatic carbocycles. The van der Waals surface area contributed by atoms with Crippen molar-refractivity contribution in [3.8, 4) is 0 Å². The third-order valence-corrected chi connectivity index (χ3v) is 4.26. The van der Waals surface area contributed by atoms with Crippen LogP contribution in [0.2, 0.25) is 0 Å². The quantitative estimate of drug-likeness (QED) is 0.778. The topological polar surface area (TPSA) is 75.3 Å². The molecule has 0 spiro atoms. The molecule has 0 aliphatic rings. The molecule has 0 radical (unpaired) electrons. The predicted octanol–water partition coefficient (Wildman–Crippen LogP) is 3.26. The molecule has 132 valence electrons. The number of carbonyl (C=O) groups excluding carboxylic acids is 1. The van der Waals surface area contributed by atoms with Crippen molar-refractivity contribution in [2.45, 2.75) is 19.9 Å². The van der Waals surface area contributed by atoms with Crippen molar-refractivity contribution < 1.29 is 13.2 Å². The molecule has 25 heavy (non-hydrogen) atoms. The molecule has 5 nitrogen and oxygen atoms in total. The van der Waals surface area contributed by atoms with Gasteiger partial charge in [0.1, 0.15) is 0 Å². The first-order valence-corrected chi connectivity index (χ1v) is 9.76. The number of aryl methyl sites for hydroxylation is 1. The Balaban J connectivity index is 1.97. The molecular weight excluding hydrogens is 336 g/mol. The summed E-state index contributed by atoms with van der Waals surface area (Å²) < 4.78 is 24.7. The van der Waals surface area contributed by atoms with E-state index in [1.54, 1.807) is 30.3 Å². The Morgan fingerprint density at radius 2 is 1.72 bits per heavy atom. The van der Waals surface area contributed by atoms with Crippen LogP contribution in [0, 0.1) is 6.92 Å². The molecule has 1 unspecified atom stereocenters. The van der Waals surface area contributed by atoms with E-state index in [9.17, 15) is 13.2 Å². The smallest absolute Gasteiger partial charge is 0.244 e. The van der Waals surface area contributed by atoms with Crippen LogP contribution in [-0.2, 0) is 14.8 Å². The van der Waals surface area contributed by atoms with Crippen molar-refractivity contribution in [1.82, 2.24) is 5.32 Å². The molecule has 0 saturated carbocycles. The van der Waals surface area contributed by atoms with Gasteiger partial charge in [0, 0.05) is 11.8 Å². The number of anilines is 1. The zero-order chi connectivity index (χ0) is 18.4. The van der Waals surface area contributed by atoms with Crippen molar-refractivity contribution >= 4 is 27.7 Å². The lowest BCUT2D eigenvalue weighted by Crippen LogP contribution is -2.25. The third kappa shape index (κ3) is 6.08. The van der Waals surface area contributed by atoms with Gasteiger partial charge in [0.2, 0.25) is 15.9 Å². The molecule has 2 N–H and O–H groups in total. The molecule has 0 aliphatic heterocycles. The highest BCUT2D eigenvalue weighted by Crippen LogP contribution is 2.16. The molecule has 2 aromatic rings. The summed E-state index contributed by atoms with van der Waals surface area (Å²) in [6.45, 7) is 3.96. The van der Waals surface area contributed by atoms with E-state index in [-0.39, 0.29) is 11.9 Å². The molecule has 0 saturated heterocycles. The molecule has 1 atom stereocenters. The summed E-state index contributed by atoms with van der Waals surface area (Å²) in [6.07, 6.45) is 4.25. The van der Waals surface area contributed by atoms with E-state index in [4.69, 9.17) is 0 Å². The molecule has 0 fully saturated rings. The molecular formula is C19H22N2O3S. The van der Waals surface area contributed by atoms with Crippen molar-refractivity contribution in [3.63, 3.8) is 0 Å². The molecule has 6 heteroatoms. The summed E-state index contributed by atoms with van der Waals surface area (Å²) in [6, 6.07) is 14.6. The maximum atomic E-state index is 12.1. The van der Waals surface area contributed by atoms with Crippen molar-refractivity contribution in [2.24, 2.45) is 0 Å². The Bertz CT molecular complexity index is 872. The Morgan fingerprint density at radius 1 is 1.08 bits per heavy atom. The number of carbonyl (C=O) groups is 1. The fourth-order valence-electron chi connectivity index (χ4n) is 2.46. The molecule has 2 rings (SSSR count). The van der Waals surface area contributed by atoms with Gasteiger partial charge in [-0.3, -0.25) is 9.52 Å². The maximum absolute atomic E-state index is 12.1. The number of amides is 1. The lowest BCUT2D eigenvalue weighted by atomic mass is 10.0. The highest BCUT2D eigenvalue weighted by molar-refractivity contribution is 7.92. The highest BCUT2D eigenvalue weighted by atomic mass is 32.2. The van der Waals surface area contributed by atoms with E-state index in [1.165, 1.54) is 6.08 Å². The zero-order valence-corrected chi connectivity index (χ0v) is 15.3. The van der Waals surface area contributed by atoms with Crippen LogP contribution in [0.3, 0.4) is 0 Å². The van der Waals surface area contributed by atoms with Crippen LogP contribution in [0.15, 0.2) is 54.6 Å². The SMILES string of the molecule is Cc1ccccc1C(C)NC(=O)/C=C/c1ccc(NS(C)(=O)=O)cc1. The van der Waals surface area contributed by atoms with Crippen molar-refractivity contribution in [2.75, 3.05) is 11.0 Å². The summed E-state index contributed by atoms with van der Waals surface area (Å²) in [4.78, 5) is 12.1. The predicted molar refractivity (Wildman–Crippen MR) is 102 cm³/mol. The average molecular weight is 358 g/mol. The highest BCUT2D eigenvalue weighted by Gasteiger charge is 2.09. The maximum Gasteiger partial charge on any atom is 0.244 e. The fraction of sp³-hybridized carbons (Fsp3) is 0.211. The van der Waals surface area contributed by atoms with Crippen LogP contribution in [0.1, 0.15) is 29.7 Å². The second kappa shape index (κ2) is 7.98. The molecule has 0 heterocycles. The van der Waals surface area contributed by atoms with Gasteiger partial charge >= 0.3 is 0 Å². The van der Waals surface area contributed by atoms with E-state index in [0.29, 0.717) is 5.69 Å². The summed E-state index contributed by atoms with van der Waals surface area (Å²) in [5.41, 5.74) is 3.50. The Labute approximate surface area is 148 Å². The van der Waals surface area contributed by atoms with E-state index < -0.39 is 10.0 Å². The minimum atomic E-state index is -3.29. The summed E-state index contributed by atoms with van der Waals surface area (Å²) >= 11 is 0. The first-order valence-electron chi connectivity index (χ1n) is 7.86. The minimum Gasteiger partial charge on any atom is -0.346 e. The largest absolute Gasteiger partial charge is 0.346 e. The third-order valence-electron chi connectivity index (χ3n) is 3.65. The van der Waals surface area contributed by atoms with Crippen LogP contribution in [0.5, 0.6) is 0 Å². The number of hydrogen-bond donors (Lipinski definition) is 2. The summed E-state index contributed by atoms with van der Waals surface area (Å²) in [7, 11) is -3.29. The number of rotatable bonds is 6. The number of sulfonamides is 1. The van der Waals surface area contributed by atoms with Crippen LogP contribution in [0.4, 0.5) is 5.69 Å². The standard InChI is InChI=1S/C19H22N2O3S/c1-14-6-4-5-7-18(14)15(2)20-19(22)13-10-16-8-11-17(12-9-16)21-25(3,23)24/h4-13,15,21H,1-3H3,(H,20,22)/b13-10+. The monoisotopic (exact) mass is 358 g/mol. The van der Waals surface area contributed by atoms with Gasteiger partial charge in [-0.1, -0.05) is 36.4 Å². The number of benzene rings is 2. The van der Waals surface area contributed by atoms with Crippen LogP contribution in [-0.4, -0.2) is 20.6 Å². The van der Waals surface area contributed by atoms with E-state index in [1.807, 2.05) is 38.1 Å². The Hall–Kier alpha value is -2.60. The van der Waals surface area contributed by atoms with Gasteiger partial charge in [0.05, 0.1) is 12.3 Å². The first kappa shape index (κ1) is 18.7. The zero-order valence-electron chi connectivity index (χ0n) is 14.5. The Morgan fingerprint density at radius 3 is 2.32 bits per heavy atom. The van der Waals surface area contributed by atoms with Crippen LogP contribution in [0.25, 0.3) is 6.08 Å². The second-order valence-electron chi connectivity index (χ2n) is 5.92. The molecule has 0 aromatic heterocycles. The van der Waals surface area contributed by atoms with Gasteiger partial charge in [-0.15, -0.1) is 0 Å². The number of hydrogen-bond acceptors (Lipinski definition) is 3. The minimum absolute atomic E-state index is 0.0836. The van der Waals surface area contributed by atoms with E-state index in [0.717, 1.165) is 22.9 Å². The van der Waals surface area contributed by atoms with Gasteiger partial charge in [-0.05, 0) is 48.7 Å². The molecule has 0 aliphatic carbocycles. The summed E-state index contributed by atoms with van der Waals surface area (Å²) in [5.74, 6) is -0.186. The lowest BCUT2D eigenvalue weighted by Gasteiger charge is -2.15. The molecule has 0 bridgehead atoms. The van der Waals surface area contributed by atoms with E-state index in [2.05, 4.69) is 10.0 Å². The number of nitrogens with one attached hydrogen (secondary N) is 2. The first-order chi connectivity index (χ1) is 11.7. The van der Waals surface area contributed by atoms with Gasteiger partial charge < -0.3 is 5.32 Å². The molecule has 1 amide bonds. The second-order valence-corrected chi connectivity index (χ2v) is 7.66. The van der Waals surface area contributed by atoms with E-state index >= 15 is 0 Å². The lowest BCUT2D eigenvalue weighted by molar-refractivity contribution is -0.117. The van der Waals surface area contributed by atoms with Crippen molar-refractivity contribution in [1.29, 1.82) is 0 Å². The van der Waals surface area contributed by atoms with Crippen molar-refractivity contribution in [3.05, 3.63) is 71.3 Å². The summed E-state index contributed by atoms with van der Waals surface area (Å²) in [5, 5.41) is 2.93.